The van der Waals surface area contributed by atoms with Crippen LogP contribution in [0.5, 0.6) is 0 Å². The summed E-state index contributed by atoms with van der Waals surface area (Å²) < 4.78 is 19.8. The van der Waals surface area contributed by atoms with E-state index in [1.54, 1.807) is 6.07 Å². The summed E-state index contributed by atoms with van der Waals surface area (Å²) in [6, 6.07) is 4.98. The largest absolute Gasteiger partial charge is 0.371 e. The summed E-state index contributed by atoms with van der Waals surface area (Å²) in [6.45, 7) is 4.40. The van der Waals surface area contributed by atoms with E-state index >= 15 is 0 Å². The lowest BCUT2D eigenvalue weighted by Crippen LogP contribution is -2.46. The predicted molar refractivity (Wildman–Crippen MR) is 74.4 cm³/mol. The molecule has 2 unspecified atom stereocenters. The number of morpholine rings is 1. The van der Waals surface area contributed by atoms with Crippen molar-refractivity contribution >= 4 is 27.5 Å². The molecular weight excluding hydrogens is 321 g/mol. The Morgan fingerprint density at radius 2 is 2.22 bits per heavy atom. The molecular formula is C13H16BrClFNO. The molecule has 0 radical (unpaired) electrons. The van der Waals surface area contributed by atoms with Gasteiger partial charge in [-0.3, -0.25) is 4.90 Å². The van der Waals surface area contributed by atoms with E-state index in [1.165, 1.54) is 6.07 Å². The zero-order valence-electron chi connectivity index (χ0n) is 10.2. The van der Waals surface area contributed by atoms with Gasteiger partial charge in [-0.05, 0) is 30.7 Å². The van der Waals surface area contributed by atoms with Crippen molar-refractivity contribution in [3.05, 3.63) is 34.1 Å². The molecule has 0 N–H and O–H groups in total. The molecule has 2 rings (SSSR count). The van der Waals surface area contributed by atoms with Crippen molar-refractivity contribution in [2.24, 2.45) is 0 Å². The van der Waals surface area contributed by atoms with Crippen LogP contribution in [0.25, 0.3) is 0 Å². The Morgan fingerprint density at radius 3 is 2.89 bits per heavy atom. The highest BCUT2D eigenvalue weighted by Gasteiger charge is 2.24. The number of hydrogen-bond donors (Lipinski definition) is 0. The highest BCUT2D eigenvalue weighted by atomic mass is 79.9. The number of alkyl halides is 1. The average molecular weight is 337 g/mol. The maximum absolute atomic E-state index is 13.3. The first kappa shape index (κ1) is 14.3. The fraction of sp³-hybridized carbons (Fsp3) is 0.538. The van der Waals surface area contributed by atoms with E-state index in [0.717, 1.165) is 29.7 Å². The Labute approximate surface area is 120 Å². The summed E-state index contributed by atoms with van der Waals surface area (Å²) in [4.78, 5) is 2.25. The zero-order valence-corrected chi connectivity index (χ0v) is 12.5. The van der Waals surface area contributed by atoms with E-state index in [4.69, 9.17) is 16.3 Å². The van der Waals surface area contributed by atoms with Gasteiger partial charge in [-0.25, -0.2) is 4.39 Å². The Bertz CT molecular complexity index is 398. The van der Waals surface area contributed by atoms with E-state index in [0.29, 0.717) is 5.88 Å². The molecule has 2 atom stereocenters. The third kappa shape index (κ3) is 3.92. The highest BCUT2D eigenvalue weighted by molar-refractivity contribution is 9.10. The molecule has 18 heavy (non-hydrogen) atoms. The fourth-order valence-electron chi connectivity index (χ4n) is 2.32. The minimum Gasteiger partial charge on any atom is -0.371 e. The van der Waals surface area contributed by atoms with Crippen LogP contribution in [-0.4, -0.2) is 36.1 Å². The second kappa shape index (κ2) is 6.33. The first-order valence-corrected chi connectivity index (χ1v) is 7.28. The maximum atomic E-state index is 13.3. The van der Waals surface area contributed by atoms with Crippen LogP contribution in [0.4, 0.5) is 4.39 Å². The lowest BCUT2D eigenvalue weighted by molar-refractivity contribution is -0.0689. The Hall–Kier alpha value is -0.160. The van der Waals surface area contributed by atoms with E-state index in [1.807, 2.05) is 13.0 Å². The maximum Gasteiger partial charge on any atom is 0.124 e. The van der Waals surface area contributed by atoms with Crippen LogP contribution < -0.4 is 0 Å². The number of rotatable bonds is 3. The molecule has 0 aliphatic carbocycles. The molecule has 100 valence electrons. The molecule has 0 saturated carbocycles. The van der Waals surface area contributed by atoms with Gasteiger partial charge in [0, 0.05) is 30.0 Å². The summed E-state index contributed by atoms with van der Waals surface area (Å²) in [5, 5.41) is 0. The predicted octanol–water partition coefficient (Wildman–Crippen LogP) is 3.42. The Balaban J connectivity index is 2.03. The van der Waals surface area contributed by atoms with Crippen LogP contribution >= 0.6 is 27.5 Å². The van der Waals surface area contributed by atoms with Crippen molar-refractivity contribution in [3.63, 3.8) is 0 Å². The van der Waals surface area contributed by atoms with E-state index in [2.05, 4.69) is 20.8 Å². The number of benzene rings is 1. The van der Waals surface area contributed by atoms with Gasteiger partial charge >= 0.3 is 0 Å². The van der Waals surface area contributed by atoms with E-state index < -0.39 is 0 Å². The molecule has 5 heteroatoms. The van der Waals surface area contributed by atoms with Crippen molar-refractivity contribution in [2.45, 2.75) is 25.7 Å². The van der Waals surface area contributed by atoms with Gasteiger partial charge in [-0.1, -0.05) is 15.9 Å². The Kier molecular flexibility index (Phi) is 5.01. The lowest BCUT2D eigenvalue weighted by atomic mass is 10.1. The van der Waals surface area contributed by atoms with E-state index in [-0.39, 0.29) is 18.0 Å². The van der Waals surface area contributed by atoms with Gasteiger partial charge in [0.25, 0.3) is 0 Å². The average Bonchev–Trinajstić information content (AvgIpc) is 2.26. The third-order valence-electron chi connectivity index (χ3n) is 2.90. The van der Waals surface area contributed by atoms with Gasteiger partial charge in [0.1, 0.15) is 5.82 Å². The van der Waals surface area contributed by atoms with Crippen molar-refractivity contribution in [1.82, 2.24) is 4.90 Å². The number of hydrogen-bond acceptors (Lipinski definition) is 2. The van der Waals surface area contributed by atoms with Crippen LogP contribution in [-0.2, 0) is 11.3 Å². The summed E-state index contributed by atoms with van der Waals surface area (Å²) in [7, 11) is 0. The standard InChI is InChI=1S/C13H16BrClFNO/c1-9-6-17(8-13(5-15)18-9)7-10-2-11(14)4-12(16)3-10/h2-4,9,13H,5-8H2,1H3. The van der Waals surface area contributed by atoms with Gasteiger partial charge in [0.15, 0.2) is 0 Å². The molecule has 0 bridgehead atoms. The summed E-state index contributed by atoms with van der Waals surface area (Å²) in [5.41, 5.74) is 0.962. The molecule has 1 saturated heterocycles. The Morgan fingerprint density at radius 1 is 1.44 bits per heavy atom. The van der Waals surface area contributed by atoms with Gasteiger partial charge in [0.2, 0.25) is 0 Å². The van der Waals surface area contributed by atoms with Crippen LogP contribution in [0.15, 0.2) is 22.7 Å². The van der Waals surface area contributed by atoms with Crippen LogP contribution in [0.1, 0.15) is 12.5 Å². The van der Waals surface area contributed by atoms with Crippen LogP contribution in [0.2, 0.25) is 0 Å². The van der Waals surface area contributed by atoms with Crippen molar-refractivity contribution in [2.75, 3.05) is 19.0 Å². The van der Waals surface area contributed by atoms with Gasteiger partial charge < -0.3 is 4.74 Å². The minimum absolute atomic E-state index is 0.0624. The van der Waals surface area contributed by atoms with Gasteiger partial charge in [-0.15, -0.1) is 11.6 Å². The molecule has 0 amide bonds. The summed E-state index contributed by atoms with van der Waals surface area (Å²) in [5.74, 6) is 0.280. The molecule has 1 fully saturated rings. The first-order valence-electron chi connectivity index (χ1n) is 5.95. The number of nitrogens with zero attached hydrogens (tertiary/aromatic N) is 1. The minimum atomic E-state index is -0.213. The van der Waals surface area contributed by atoms with Crippen molar-refractivity contribution in [1.29, 1.82) is 0 Å². The van der Waals surface area contributed by atoms with Crippen LogP contribution in [0.3, 0.4) is 0 Å². The highest BCUT2D eigenvalue weighted by Crippen LogP contribution is 2.19. The molecule has 1 aromatic rings. The van der Waals surface area contributed by atoms with Gasteiger partial charge in [-0.2, -0.15) is 0 Å². The molecule has 1 aromatic carbocycles. The zero-order chi connectivity index (χ0) is 13.1. The topological polar surface area (TPSA) is 12.5 Å². The molecule has 1 heterocycles. The number of ether oxygens (including phenoxy) is 1. The monoisotopic (exact) mass is 335 g/mol. The number of halogens is 3. The lowest BCUT2D eigenvalue weighted by Gasteiger charge is -2.36. The SMILES string of the molecule is CC1CN(Cc2cc(F)cc(Br)c2)CC(CCl)O1. The molecule has 0 aromatic heterocycles. The summed E-state index contributed by atoms with van der Waals surface area (Å²) in [6.07, 6.45) is 0.229. The second-order valence-electron chi connectivity index (χ2n) is 4.69. The van der Waals surface area contributed by atoms with Gasteiger partial charge in [0.05, 0.1) is 12.2 Å². The van der Waals surface area contributed by atoms with Crippen molar-refractivity contribution < 1.29 is 9.13 Å². The molecule has 2 nitrogen and oxygen atoms in total. The summed E-state index contributed by atoms with van der Waals surface area (Å²) >= 11 is 9.16. The molecule has 1 aliphatic rings. The third-order valence-corrected chi connectivity index (χ3v) is 3.70. The first-order chi connectivity index (χ1) is 8.56. The quantitative estimate of drug-likeness (QED) is 0.784. The van der Waals surface area contributed by atoms with E-state index in [9.17, 15) is 4.39 Å². The van der Waals surface area contributed by atoms with Crippen LogP contribution in [0, 0.1) is 5.82 Å². The molecule has 1 aliphatic heterocycles. The normalized spacial score (nSPS) is 25.3. The molecule has 0 spiro atoms. The van der Waals surface area contributed by atoms with Crippen molar-refractivity contribution in [3.8, 4) is 0 Å². The fourth-order valence-corrected chi connectivity index (χ4v) is 3.00. The smallest absolute Gasteiger partial charge is 0.124 e. The second-order valence-corrected chi connectivity index (χ2v) is 5.92.